The van der Waals surface area contributed by atoms with Gasteiger partial charge in [0.25, 0.3) is 0 Å². The molecule has 1 aromatic carbocycles. The van der Waals surface area contributed by atoms with E-state index in [1.165, 1.54) is 6.07 Å². The van der Waals surface area contributed by atoms with Crippen LogP contribution in [0.1, 0.15) is 18.4 Å². The fourth-order valence-electron chi connectivity index (χ4n) is 2.55. The lowest BCUT2D eigenvalue weighted by Gasteiger charge is -2.19. The lowest BCUT2D eigenvalue weighted by molar-refractivity contribution is -0.120. The van der Waals surface area contributed by atoms with Gasteiger partial charge in [0.05, 0.1) is 5.71 Å². The Hall–Kier alpha value is -2.41. The lowest BCUT2D eigenvalue weighted by atomic mass is 9.89. The first-order valence-electron chi connectivity index (χ1n) is 7.43. The van der Waals surface area contributed by atoms with Gasteiger partial charge in [0.15, 0.2) is 0 Å². The molecule has 0 saturated carbocycles. The summed E-state index contributed by atoms with van der Waals surface area (Å²) in [5, 5.41) is 28.8. The summed E-state index contributed by atoms with van der Waals surface area (Å²) in [5.74, 6) is -2.66. The number of benzene rings is 1. The Morgan fingerprint density at radius 3 is 2.52 bits per heavy atom. The van der Waals surface area contributed by atoms with Crippen molar-refractivity contribution in [2.45, 2.75) is 19.3 Å². The topological polar surface area (TPSA) is 148 Å². The monoisotopic (exact) mass is 367 g/mol. The van der Waals surface area contributed by atoms with E-state index in [0.29, 0.717) is 12.8 Å². The van der Waals surface area contributed by atoms with E-state index in [-0.39, 0.29) is 17.9 Å². The number of phenols is 1. The van der Waals surface area contributed by atoms with Crippen molar-refractivity contribution >= 4 is 19.2 Å². The first-order valence-corrected chi connectivity index (χ1v) is 9.00. The summed E-state index contributed by atoms with van der Waals surface area (Å²) in [5.41, 5.74) is 0.450. The van der Waals surface area contributed by atoms with E-state index < -0.39 is 31.0 Å². The first kappa shape index (κ1) is 18.9. The first-order chi connectivity index (χ1) is 11.7. The number of hydrogen-bond acceptors (Lipinski definition) is 5. The Morgan fingerprint density at radius 1 is 1.16 bits per heavy atom. The Kier molecular flexibility index (Phi) is 5.79. The van der Waals surface area contributed by atoms with E-state index in [0.717, 1.165) is 17.7 Å². The van der Waals surface area contributed by atoms with E-state index in [2.05, 4.69) is 4.76 Å². The van der Waals surface area contributed by atoms with Crippen molar-refractivity contribution in [3.8, 4) is 5.75 Å². The summed E-state index contributed by atoms with van der Waals surface area (Å²) >= 11 is 0. The number of carbonyl (C=O) groups is 1. The maximum absolute atomic E-state index is 12.4. The Labute approximate surface area is 143 Å². The van der Waals surface area contributed by atoms with E-state index in [9.17, 15) is 24.7 Å². The third kappa shape index (κ3) is 5.56. The highest BCUT2D eigenvalue weighted by molar-refractivity contribution is 7.50. The largest absolute Gasteiger partial charge is 0.511 e. The minimum atomic E-state index is -4.83. The van der Waals surface area contributed by atoms with Crippen molar-refractivity contribution in [3.05, 3.63) is 53.5 Å². The van der Waals surface area contributed by atoms with Gasteiger partial charge < -0.3 is 25.1 Å². The molecule has 0 saturated heterocycles. The number of allylic oxidation sites excluding steroid dienone is 3. The van der Waals surface area contributed by atoms with Crippen molar-refractivity contribution in [2.24, 2.45) is 10.7 Å². The standard InChI is InChI=1S/C16H18NO7P/c18-11-5-1-3-10(7-11)4-2-6-14(20)16-13(17-25(22,23)24)8-12(19)9-15(16)21/h1,3,5,7-9,16,18-19,21H,2,4,6H2,(H2,22,23,24). The molecule has 1 aliphatic carbocycles. The van der Waals surface area contributed by atoms with Crippen LogP contribution in [0, 0.1) is 5.92 Å². The Balaban J connectivity index is 2.09. The number of nitrogens with zero attached hydrogens (tertiary/aromatic N) is 1. The number of aromatic hydroxyl groups is 1. The molecular weight excluding hydrogens is 349 g/mol. The van der Waals surface area contributed by atoms with Crippen molar-refractivity contribution in [3.63, 3.8) is 0 Å². The average molecular weight is 367 g/mol. The predicted molar refractivity (Wildman–Crippen MR) is 90.4 cm³/mol. The van der Waals surface area contributed by atoms with Gasteiger partial charge >= 0.3 is 7.75 Å². The second-order valence-corrected chi connectivity index (χ2v) is 6.83. The van der Waals surface area contributed by atoms with Crippen molar-refractivity contribution < 1.29 is 34.5 Å². The zero-order chi connectivity index (χ0) is 18.6. The van der Waals surface area contributed by atoms with Gasteiger partial charge in [-0.3, -0.25) is 4.79 Å². The zero-order valence-corrected chi connectivity index (χ0v) is 14.0. The van der Waals surface area contributed by atoms with Gasteiger partial charge in [-0.2, -0.15) is 4.76 Å². The summed E-state index contributed by atoms with van der Waals surface area (Å²) in [6.45, 7) is 0. The predicted octanol–water partition coefficient (Wildman–Crippen LogP) is 2.33. The number of ketones is 1. The van der Waals surface area contributed by atoms with Crippen LogP contribution in [-0.4, -0.2) is 36.6 Å². The van der Waals surface area contributed by atoms with Crippen LogP contribution in [0.5, 0.6) is 5.75 Å². The summed E-state index contributed by atoms with van der Waals surface area (Å²) in [4.78, 5) is 30.3. The summed E-state index contributed by atoms with van der Waals surface area (Å²) in [7, 11) is -4.83. The van der Waals surface area contributed by atoms with Crippen LogP contribution >= 0.6 is 7.75 Å². The van der Waals surface area contributed by atoms with E-state index in [1.54, 1.807) is 18.2 Å². The highest BCUT2D eigenvalue weighted by atomic mass is 31.2. The molecule has 0 amide bonds. The number of aliphatic hydroxyl groups excluding tert-OH is 2. The molecule has 1 unspecified atom stereocenters. The third-order valence-corrected chi connectivity index (χ3v) is 4.04. The number of phenolic OH excluding ortho intramolecular Hbond substituents is 1. The van der Waals surface area contributed by atoms with E-state index in [1.807, 2.05) is 0 Å². The SMILES string of the molecule is O=C(CCCc1cccc(O)c1)C1C(O)=CC(O)=CC1=NP(=O)(O)O. The lowest BCUT2D eigenvalue weighted by Crippen LogP contribution is -2.27. The molecule has 25 heavy (non-hydrogen) atoms. The molecule has 0 heterocycles. The van der Waals surface area contributed by atoms with Crippen molar-refractivity contribution in [1.29, 1.82) is 0 Å². The number of hydrogen-bond donors (Lipinski definition) is 5. The van der Waals surface area contributed by atoms with E-state index >= 15 is 0 Å². The smallest absolute Gasteiger partial charge is 0.448 e. The van der Waals surface area contributed by atoms with E-state index in [4.69, 9.17) is 9.79 Å². The minimum Gasteiger partial charge on any atom is -0.511 e. The van der Waals surface area contributed by atoms with Crippen LogP contribution in [0.25, 0.3) is 0 Å². The van der Waals surface area contributed by atoms with Gasteiger partial charge in [-0.25, -0.2) is 4.57 Å². The van der Waals surface area contributed by atoms with Gasteiger partial charge in [0.2, 0.25) is 0 Å². The molecular formula is C16H18NO7P. The van der Waals surface area contributed by atoms with Crippen LogP contribution in [0.4, 0.5) is 0 Å². The van der Waals surface area contributed by atoms with Gasteiger partial charge in [-0.1, -0.05) is 12.1 Å². The molecule has 0 bridgehead atoms. The molecule has 9 heteroatoms. The molecule has 8 nitrogen and oxygen atoms in total. The molecule has 0 aliphatic heterocycles. The van der Waals surface area contributed by atoms with Gasteiger partial charge in [0.1, 0.15) is 29.0 Å². The van der Waals surface area contributed by atoms with Crippen LogP contribution in [0.2, 0.25) is 0 Å². The fourth-order valence-corrected chi connectivity index (χ4v) is 3.03. The molecule has 0 radical (unpaired) electrons. The fraction of sp³-hybridized carbons (Fsp3) is 0.250. The maximum atomic E-state index is 12.4. The number of Topliss-reactive ketones (excluding diaryl/α,β-unsaturated/α-hetero) is 1. The molecule has 1 aliphatic rings. The third-order valence-electron chi connectivity index (χ3n) is 3.55. The summed E-state index contributed by atoms with van der Waals surface area (Å²) in [6.07, 6.45) is 2.81. The molecule has 0 aromatic heterocycles. The molecule has 5 N–H and O–H groups in total. The average Bonchev–Trinajstić information content (AvgIpc) is 2.44. The van der Waals surface area contributed by atoms with Crippen LogP contribution in [0.15, 0.2) is 52.7 Å². The molecule has 134 valence electrons. The molecule has 1 aromatic rings. The number of aryl methyl sites for hydroxylation is 1. The number of carbonyl (C=O) groups excluding carboxylic acids is 1. The zero-order valence-electron chi connectivity index (χ0n) is 13.1. The van der Waals surface area contributed by atoms with Gasteiger partial charge in [-0.15, -0.1) is 0 Å². The molecule has 0 fully saturated rings. The Morgan fingerprint density at radius 2 is 1.88 bits per heavy atom. The molecule has 0 spiro atoms. The van der Waals surface area contributed by atoms with Crippen molar-refractivity contribution in [1.82, 2.24) is 0 Å². The normalized spacial score (nSPS) is 19.4. The number of rotatable bonds is 6. The second kappa shape index (κ2) is 7.65. The van der Waals surface area contributed by atoms with Crippen LogP contribution in [-0.2, 0) is 15.8 Å². The summed E-state index contributed by atoms with van der Waals surface area (Å²) < 4.78 is 14.2. The quantitative estimate of drug-likeness (QED) is 0.485. The minimum absolute atomic E-state index is 0.0208. The number of aliphatic hydroxyl groups is 2. The maximum Gasteiger partial charge on any atom is 0.448 e. The molecule has 2 rings (SSSR count). The second-order valence-electron chi connectivity index (χ2n) is 5.60. The van der Waals surface area contributed by atoms with Crippen LogP contribution in [0.3, 0.4) is 0 Å². The highest BCUT2D eigenvalue weighted by Gasteiger charge is 2.32. The van der Waals surface area contributed by atoms with Crippen molar-refractivity contribution in [2.75, 3.05) is 0 Å². The Bertz CT molecular complexity index is 806. The highest BCUT2D eigenvalue weighted by Crippen LogP contribution is 2.38. The van der Waals surface area contributed by atoms with Crippen LogP contribution < -0.4 is 0 Å². The summed E-state index contributed by atoms with van der Waals surface area (Å²) in [6, 6.07) is 6.58. The van der Waals surface area contributed by atoms with Gasteiger partial charge in [0, 0.05) is 18.6 Å². The molecule has 1 atom stereocenters. The van der Waals surface area contributed by atoms with Gasteiger partial charge in [-0.05, 0) is 30.5 Å².